The van der Waals surface area contributed by atoms with E-state index in [1.165, 1.54) is 5.56 Å². The Morgan fingerprint density at radius 2 is 1.77 bits per heavy atom. The first-order valence-electron chi connectivity index (χ1n) is 7.95. The summed E-state index contributed by atoms with van der Waals surface area (Å²) in [5.41, 5.74) is 2.15. The van der Waals surface area contributed by atoms with Crippen molar-refractivity contribution in [1.29, 1.82) is 0 Å². The highest BCUT2D eigenvalue weighted by molar-refractivity contribution is 5.98. The van der Waals surface area contributed by atoms with Crippen LogP contribution in [0, 0.1) is 11.8 Å². The van der Waals surface area contributed by atoms with Gasteiger partial charge in [-0.1, -0.05) is 30.4 Å². The summed E-state index contributed by atoms with van der Waals surface area (Å²) in [5, 5.41) is 9.40. The predicted molar refractivity (Wildman–Crippen MR) is 84.7 cm³/mol. The number of anilines is 1. The van der Waals surface area contributed by atoms with Gasteiger partial charge in [0, 0.05) is 12.2 Å². The SMILES string of the molecule is O=C(O)[C@H]1CC=CC[C@@H]1C(=O)N1CCCCc2ccccc21. The molecular formula is C18H21NO3. The Balaban J connectivity index is 1.91. The van der Waals surface area contributed by atoms with Crippen LogP contribution in [0.2, 0.25) is 0 Å². The van der Waals surface area contributed by atoms with E-state index in [1.54, 1.807) is 0 Å². The van der Waals surface area contributed by atoms with Crippen LogP contribution in [0.3, 0.4) is 0 Å². The van der Waals surface area contributed by atoms with E-state index in [9.17, 15) is 14.7 Å². The second kappa shape index (κ2) is 6.34. The van der Waals surface area contributed by atoms with Gasteiger partial charge in [-0.3, -0.25) is 9.59 Å². The zero-order valence-electron chi connectivity index (χ0n) is 12.6. The van der Waals surface area contributed by atoms with E-state index in [1.807, 2.05) is 35.3 Å². The number of para-hydroxylation sites is 1. The summed E-state index contributed by atoms with van der Waals surface area (Å²) in [6.07, 6.45) is 7.78. The third-order valence-electron chi connectivity index (χ3n) is 4.69. The van der Waals surface area contributed by atoms with Crippen LogP contribution in [-0.2, 0) is 16.0 Å². The minimum absolute atomic E-state index is 0.0360. The Morgan fingerprint density at radius 3 is 2.55 bits per heavy atom. The first-order valence-corrected chi connectivity index (χ1v) is 7.95. The first kappa shape index (κ1) is 14.8. The minimum atomic E-state index is -0.870. The zero-order chi connectivity index (χ0) is 15.5. The molecule has 22 heavy (non-hydrogen) atoms. The number of fused-ring (bicyclic) bond motifs is 1. The number of benzene rings is 1. The van der Waals surface area contributed by atoms with Crippen molar-refractivity contribution in [2.75, 3.05) is 11.4 Å². The Morgan fingerprint density at radius 1 is 1.05 bits per heavy atom. The molecule has 0 radical (unpaired) electrons. The van der Waals surface area contributed by atoms with Gasteiger partial charge in [-0.25, -0.2) is 0 Å². The molecule has 0 fully saturated rings. The fourth-order valence-electron chi connectivity index (χ4n) is 3.48. The van der Waals surface area contributed by atoms with E-state index in [0.29, 0.717) is 19.4 Å². The van der Waals surface area contributed by atoms with Crippen molar-refractivity contribution in [3.05, 3.63) is 42.0 Å². The lowest BCUT2D eigenvalue weighted by Gasteiger charge is -2.31. The second-order valence-corrected chi connectivity index (χ2v) is 6.07. The molecule has 1 aromatic rings. The summed E-state index contributed by atoms with van der Waals surface area (Å²) >= 11 is 0. The van der Waals surface area contributed by atoms with E-state index >= 15 is 0 Å². The van der Waals surface area contributed by atoms with Gasteiger partial charge in [-0.05, 0) is 43.7 Å². The molecule has 1 aliphatic heterocycles. The Labute approximate surface area is 130 Å². The molecule has 1 N–H and O–H groups in total. The summed E-state index contributed by atoms with van der Waals surface area (Å²) < 4.78 is 0. The molecule has 4 nitrogen and oxygen atoms in total. The van der Waals surface area contributed by atoms with Gasteiger partial charge in [0.25, 0.3) is 0 Å². The molecule has 1 aliphatic carbocycles. The first-order chi connectivity index (χ1) is 10.7. The highest BCUT2D eigenvalue weighted by atomic mass is 16.4. The van der Waals surface area contributed by atoms with Gasteiger partial charge in [-0.15, -0.1) is 0 Å². The van der Waals surface area contributed by atoms with Crippen molar-refractivity contribution < 1.29 is 14.7 Å². The molecule has 3 rings (SSSR count). The van der Waals surface area contributed by atoms with Crippen molar-refractivity contribution in [3.63, 3.8) is 0 Å². The maximum Gasteiger partial charge on any atom is 0.307 e. The average Bonchev–Trinajstić information content (AvgIpc) is 2.76. The molecule has 2 atom stereocenters. The van der Waals surface area contributed by atoms with E-state index in [2.05, 4.69) is 6.07 Å². The highest BCUT2D eigenvalue weighted by Crippen LogP contribution is 2.32. The standard InChI is InChI=1S/C18H21NO3/c20-17(14-9-2-3-10-15(14)18(21)22)19-12-6-5-8-13-7-1-4-11-16(13)19/h1-4,7,11,14-15H,5-6,8-10,12H2,(H,21,22)/t14-,15-/m0/s1. The number of allylic oxidation sites excluding steroid dienone is 2. The molecule has 2 aliphatic rings. The van der Waals surface area contributed by atoms with Crippen LogP contribution in [0.1, 0.15) is 31.2 Å². The number of nitrogens with zero attached hydrogens (tertiary/aromatic N) is 1. The quantitative estimate of drug-likeness (QED) is 0.854. The Kier molecular flexibility index (Phi) is 4.27. The highest BCUT2D eigenvalue weighted by Gasteiger charge is 2.37. The van der Waals surface area contributed by atoms with Crippen LogP contribution in [0.4, 0.5) is 5.69 Å². The van der Waals surface area contributed by atoms with E-state index in [0.717, 1.165) is 24.9 Å². The smallest absolute Gasteiger partial charge is 0.307 e. The van der Waals surface area contributed by atoms with Crippen LogP contribution < -0.4 is 4.90 Å². The molecule has 0 saturated heterocycles. The summed E-state index contributed by atoms with van der Waals surface area (Å²) in [6, 6.07) is 7.99. The van der Waals surface area contributed by atoms with Crippen molar-refractivity contribution in [3.8, 4) is 0 Å². The molecule has 0 saturated carbocycles. The van der Waals surface area contributed by atoms with Gasteiger partial charge in [0.05, 0.1) is 11.8 Å². The van der Waals surface area contributed by atoms with Gasteiger partial charge < -0.3 is 10.0 Å². The zero-order valence-corrected chi connectivity index (χ0v) is 12.6. The molecule has 0 unspecified atom stereocenters. The molecular weight excluding hydrogens is 278 g/mol. The second-order valence-electron chi connectivity index (χ2n) is 6.07. The molecule has 1 heterocycles. The van der Waals surface area contributed by atoms with Gasteiger partial charge in [0.1, 0.15) is 0 Å². The van der Waals surface area contributed by atoms with E-state index in [-0.39, 0.29) is 5.91 Å². The van der Waals surface area contributed by atoms with Crippen LogP contribution in [0.15, 0.2) is 36.4 Å². The maximum atomic E-state index is 13.0. The third-order valence-corrected chi connectivity index (χ3v) is 4.69. The van der Waals surface area contributed by atoms with Gasteiger partial charge in [0.15, 0.2) is 0 Å². The number of rotatable bonds is 2. The number of carbonyl (C=O) groups excluding carboxylic acids is 1. The normalized spacial score (nSPS) is 24.5. The van der Waals surface area contributed by atoms with Crippen molar-refractivity contribution in [1.82, 2.24) is 0 Å². The third kappa shape index (κ3) is 2.78. The molecule has 0 aromatic heterocycles. The van der Waals surface area contributed by atoms with E-state index in [4.69, 9.17) is 0 Å². The van der Waals surface area contributed by atoms with Crippen LogP contribution in [0.25, 0.3) is 0 Å². The largest absolute Gasteiger partial charge is 0.481 e. The summed E-state index contributed by atoms with van der Waals surface area (Å²) in [5.74, 6) is -1.96. The fourth-order valence-corrected chi connectivity index (χ4v) is 3.48. The number of carboxylic acids is 1. The number of carboxylic acid groups (broad SMARTS) is 1. The molecule has 4 heteroatoms. The Hall–Kier alpha value is -2.10. The van der Waals surface area contributed by atoms with Crippen molar-refractivity contribution in [2.45, 2.75) is 32.1 Å². The van der Waals surface area contributed by atoms with E-state index < -0.39 is 17.8 Å². The number of hydrogen-bond acceptors (Lipinski definition) is 2. The molecule has 116 valence electrons. The predicted octanol–water partition coefficient (Wildman–Crippen LogP) is 3.02. The number of aryl methyl sites for hydroxylation is 1. The van der Waals surface area contributed by atoms with Crippen LogP contribution >= 0.6 is 0 Å². The topological polar surface area (TPSA) is 57.6 Å². The molecule has 0 bridgehead atoms. The lowest BCUT2D eigenvalue weighted by molar-refractivity contribution is -0.146. The summed E-state index contributed by atoms with van der Waals surface area (Å²) in [7, 11) is 0. The Bertz CT molecular complexity index is 608. The number of carbonyl (C=O) groups is 2. The average molecular weight is 299 g/mol. The lowest BCUT2D eigenvalue weighted by atomic mass is 9.82. The van der Waals surface area contributed by atoms with Crippen molar-refractivity contribution in [2.24, 2.45) is 11.8 Å². The summed E-state index contributed by atoms with van der Waals surface area (Å²) in [6.45, 7) is 0.683. The van der Waals surface area contributed by atoms with Gasteiger partial charge in [-0.2, -0.15) is 0 Å². The number of hydrogen-bond donors (Lipinski definition) is 1. The lowest BCUT2D eigenvalue weighted by Crippen LogP contribution is -2.42. The van der Waals surface area contributed by atoms with Gasteiger partial charge in [0.2, 0.25) is 5.91 Å². The van der Waals surface area contributed by atoms with Crippen LogP contribution in [-0.4, -0.2) is 23.5 Å². The van der Waals surface area contributed by atoms with Crippen LogP contribution in [0.5, 0.6) is 0 Å². The minimum Gasteiger partial charge on any atom is -0.481 e. The summed E-state index contributed by atoms with van der Waals surface area (Å²) in [4.78, 5) is 26.3. The molecule has 1 amide bonds. The molecule has 1 aromatic carbocycles. The number of amides is 1. The monoisotopic (exact) mass is 299 g/mol. The van der Waals surface area contributed by atoms with Crippen molar-refractivity contribution >= 4 is 17.6 Å². The van der Waals surface area contributed by atoms with Gasteiger partial charge >= 0.3 is 5.97 Å². The number of aliphatic carboxylic acids is 1. The maximum absolute atomic E-state index is 13.0. The molecule has 0 spiro atoms. The fraction of sp³-hybridized carbons (Fsp3) is 0.444.